The molecule has 3 nitrogen and oxygen atoms in total. The lowest BCUT2D eigenvalue weighted by molar-refractivity contribution is 0.818. The van der Waals surface area contributed by atoms with Gasteiger partial charge in [-0.25, -0.2) is 4.79 Å². The summed E-state index contributed by atoms with van der Waals surface area (Å²) in [4.78, 5) is 17.2. The average Bonchev–Trinajstić information content (AvgIpc) is 2.74. The Hall–Kier alpha value is -2.91. The second-order valence-corrected chi connectivity index (χ2v) is 7.64. The van der Waals surface area contributed by atoms with E-state index >= 15 is 0 Å². The zero-order valence-electron chi connectivity index (χ0n) is 16.4. The van der Waals surface area contributed by atoms with Crippen LogP contribution in [0.2, 0.25) is 5.02 Å². The largest absolute Gasteiger partial charge is 0.352 e. The van der Waals surface area contributed by atoms with Crippen LogP contribution >= 0.6 is 11.6 Å². The first-order valence-electron chi connectivity index (χ1n) is 10.00. The van der Waals surface area contributed by atoms with E-state index in [1.54, 1.807) is 4.57 Å². The van der Waals surface area contributed by atoms with Crippen LogP contribution in [0.25, 0.3) is 16.6 Å². The van der Waals surface area contributed by atoms with Crippen LogP contribution in [0.4, 0.5) is 0 Å². The predicted molar refractivity (Wildman–Crippen MR) is 120 cm³/mol. The summed E-state index contributed by atoms with van der Waals surface area (Å²) in [5.74, 6) is 0. The molecule has 4 rings (SSSR count). The summed E-state index contributed by atoms with van der Waals surface area (Å²) in [6, 6.07) is 24.3. The topological polar surface area (TPSA) is 34.9 Å². The lowest BCUT2D eigenvalue weighted by Crippen LogP contribution is -2.23. The molecule has 0 unspecified atom stereocenters. The second-order valence-electron chi connectivity index (χ2n) is 7.20. The lowest BCUT2D eigenvalue weighted by atomic mass is 10.0. The van der Waals surface area contributed by atoms with E-state index in [0.717, 1.165) is 41.5 Å². The smallest absolute Gasteiger partial charge is 0.260 e. The van der Waals surface area contributed by atoms with Gasteiger partial charge in [-0.2, -0.15) is 4.98 Å². The predicted octanol–water partition coefficient (Wildman–Crippen LogP) is 5.78. The molecular weight excluding hydrogens is 380 g/mol. The minimum Gasteiger partial charge on any atom is -0.260 e. The Morgan fingerprint density at radius 2 is 1.66 bits per heavy atom. The summed E-state index contributed by atoms with van der Waals surface area (Å²) in [6.07, 6.45) is 3.75. The van der Waals surface area contributed by atoms with Gasteiger partial charge in [0.15, 0.2) is 0 Å². The number of hydrogen-bond donors (Lipinski definition) is 0. The fourth-order valence-corrected chi connectivity index (χ4v) is 3.94. The average molecular weight is 403 g/mol. The van der Waals surface area contributed by atoms with Crippen LogP contribution in [-0.4, -0.2) is 9.55 Å². The van der Waals surface area contributed by atoms with E-state index in [1.165, 1.54) is 11.1 Å². The Morgan fingerprint density at radius 3 is 2.45 bits per heavy atom. The Labute approximate surface area is 175 Å². The summed E-state index contributed by atoms with van der Waals surface area (Å²) >= 11 is 6.25. The van der Waals surface area contributed by atoms with Crippen LogP contribution in [0.3, 0.4) is 0 Å². The van der Waals surface area contributed by atoms with Crippen molar-refractivity contribution in [1.29, 1.82) is 0 Å². The van der Waals surface area contributed by atoms with Crippen molar-refractivity contribution in [2.45, 2.75) is 32.6 Å². The van der Waals surface area contributed by atoms with Gasteiger partial charge in [-0.1, -0.05) is 61.0 Å². The van der Waals surface area contributed by atoms with Gasteiger partial charge in [-0.3, -0.25) is 4.57 Å². The number of halogens is 1. The van der Waals surface area contributed by atoms with E-state index < -0.39 is 0 Å². The molecule has 0 aliphatic rings. The molecule has 3 aromatic carbocycles. The van der Waals surface area contributed by atoms with Gasteiger partial charge in [0.1, 0.15) is 0 Å². The normalized spacial score (nSPS) is 11.1. The maximum Gasteiger partial charge on any atom is 0.352 e. The minimum atomic E-state index is -0.266. The molecule has 0 atom stereocenters. The third-order valence-corrected chi connectivity index (χ3v) is 5.45. The molecule has 0 fully saturated rings. The van der Waals surface area contributed by atoms with Gasteiger partial charge in [0.05, 0.1) is 16.9 Å². The molecule has 0 aliphatic heterocycles. The maximum absolute atomic E-state index is 12.8. The zero-order valence-corrected chi connectivity index (χ0v) is 17.2. The minimum absolute atomic E-state index is 0.266. The summed E-state index contributed by atoms with van der Waals surface area (Å²) in [6.45, 7) is 2.01. The first kappa shape index (κ1) is 19.4. The zero-order chi connectivity index (χ0) is 20.2. The molecule has 29 heavy (non-hydrogen) atoms. The van der Waals surface area contributed by atoms with Crippen LogP contribution in [0.5, 0.6) is 0 Å². The van der Waals surface area contributed by atoms with Gasteiger partial charge in [0.25, 0.3) is 0 Å². The van der Waals surface area contributed by atoms with Gasteiger partial charge in [0, 0.05) is 10.4 Å². The lowest BCUT2D eigenvalue weighted by Gasteiger charge is -2.13. The van der Waals surface area contributed by atoms with E-state index in [-0.39, 0.29) is 5.69 Å². The number of fused-ring (bicyclic) bond motifs is 1. The number of aryl methyl sites for hydroxylation is 3. The molecule has 0 aliphatic carbocycles. The first-order chi connectivity index (χ1) is 14.2. The number of rotatable bonds is 6. The van der Waals surface area contributed by atoms with Crippen LogP contribution in [0.1, 0.15) is 30.2 Å². The fourth-order valence-electron chi connectivity index (χ4n) is 3.77. The van der Waals surface area contributed by atoms with E-state index in [1.807, 2.05) is 43.3 Å². The van der Waals surface area contributed by atoms with E-state index in [2.05, 4.69) is 41.4 Å². The number of hydrogen-bond acceptors (Lipinski definition) is 2. The first-order valence-corrected chi connectivity index (χ1v) is 10.4. The molecule has 146 valence electrons. The molecule has 0 spiro atoms. The fraction of sp³-hybridized carbons (Fsp3) is 0.200. The van der Waals surface area contributed by atoms with Crippen LogP contribution in [0.15, 0.2) is 77.6 Å². The molecular formula is C25H23ClN2O. The summed E-state index contributed by atoms with van der Waals surface area (Å²) < 4.78 is 1.67. The maximum atomic E-state index is 12.8. The standard InChI is InChI=1S/C25H23ClN2O/c1-2-23-22-15-14-20(26)17-24(22)28(25(29)27-23)21-13-7-12-19(16-21)11-6-10-18-8-4-3-5-9-18/h3-5,7-9,12-17H,2,6,10-11H2,1H3. The summed E-state index contributed by atoms with van der Waals surface area (Å²) in [5.41, 5.74) is 4.72. The van der Waals surface area contributed by atoms with E-state index in [9.17, 15) is 4.79 Å². The Morgan fingerprint density at radius 1 is 0.897 bits per heavy atom. The number of nitrogens with zero attached hydrogens (tertiary/aromatic N) is 2. The highest BCUT2D eigenvalue weighted by Crippen LogP contribution is 2.23. The monoisotopic (exact) mass is 402 g/mol. The van der Waals surface area contributed by atoms with Crippen LogP contribution < -0.4 is 5.69 Å². The SMILES string of the molecule is CCc1nc(=O)n(-c2cccc(CCCc3ccccc3)c2)c2cc(Cl)ccc12. The van der Waals surface area contributed by atoms with Crippen molar-refractivity contribution in [2.75, 3.05) is 0 Å². The molecule has 4 aromatic rings. The molecule has 0 amide bonds. The van der Waals surface area contributed by atoms with Crippen molar-refractivity contribution in [3.8, 4) is 5.69 Å². The van der Waals surface area contributed by atoms with Crippen molar-refractivity contribution in [2.24, 2.45) is 0 Å². The van der Waals surface area contributed by atoms with Crippen LogP contribution in [0, 0.1) is 0 Å². The van der Waals surface area contributed by atoms with E-state index in [4.69, 9.17) is 11.6 Å². The number of benzene rings is 3. The van der Waals surface area contributed by atoms with Crippen LogP contribution in [-0.2, 0) is 19.3 Å². The van der Waals surface area contributed by atoms with Gasteiger partial charge in [-0.05, 0) is 67.1 Å². The van der Waals surface area contributed by atoms with Gasteiger partial charge >= 0.3 is 5.69 Å². The third-order valence-electron chi connectivity index (χ3n) is 5.21. The summed E-state index contributed by atoms with van der Waals surface area (Å²) in [5, 5.41) is 1.57. The summed E-state index contributed by atoms with van der Waals surface area (Å²) in [7, 11) is 0. The highest BCUT2D eigenvalue weighted by Gasteiger charge is 2.12. The van der Waals surface area contributed by atoms with Gasteiger partial charge in [-0.15, -0.1) is 0 Å². The molecule has 0 radical (unpaired) electrons. The molecule has 0 saturated carbocycles. The molecule has 0 saturated heterocycles. The van der Waals surface area contributed by atoms with Crippen molar-refractivity contribution >= 4 is 22.5 Å². The molecule has 1 heterocycles. The highest BCUT2D eigenvalue weighted by molar-refractivity contribution is 6.31. The molecule has 0 N–H and O–H groups in total. The Bertz CT molecular complexity index is 1200. The van der Waals surface area contributed by atoms with Crippen molar-refractivity contribution in [3.63, 3.8) is 0 Å². The van der Waals surface area contributed by atoms with Crippen molar-refractivity contribution in [1.82, 2.24) is 9.55 Å². The van der Waals surface area contributed by atoms with Gasteiger partial charge in [0.2, 0.25) is 0 Å². The van der Waals surface area contributed by atoms with Crippen molar-refractivity contribution < 1.29 is 0 Å². The Kier molecular flexibility index (Phi) is 5.77. The quantitative estimate of drug-likeness (QED) is 0.410. The molecule has 4 heteroatoms. The molecule has 1 aromatic heterocycles. The van der Waals surface area contributed by atoms with E-state index in [0.29, 0.717) is 11.4 Å². The number of aromatic nitrogens is 2. The Balaban J connectivity index is 1.68. The second kappa shape index (κ2) is 8.62. The highest BCUT2D eigenvalue weighted by atomic mass is 35.5. The third kappa shape index (κ3) is 4.25. The molecule has 0 bridgehead atoms. The van der Waals surface area contributed by atoms with Gasteiger partial charge < -0.3 is 0 Å². The van der Waals surface area contributed by atoms with Crippen molar-refractivity contribution in [3.05, 3.63) is 105 Å².